The molecule has 1 unspecified atom stereocenters. The van der Waals surface area contributed by atoms with E-state index in [2.05, 4.69) is 29.3 Å². The van der Waals surface area contributed by atoms with Crippen molar-refractivity contribution in [2.24, 2.45) is 0 Å². The van der Waals surface area contributed by atoms with Gasteiger partial charge in [-0.2, -0.15) is 0 Å². The Morgan fingerprint density at radius 3 is 2.67 bits per heavy atom. The zero-order chi connectivity index (χ0) is 13.0. The summed E-state index contributed by atoms with van der Waals surface area (Å²) in [5.41, 5.74) is 7.73. The van der Waals surface area contributed by atoms with Gasteiger partial charge in [-0.1, -0.05) is 19.1 Å². The van der Waals surface area contributed by atoms with E-state index in [-0.39, 0.29) is 5.91 Å². The van der Waals surface area contributed by atoms with E-state index in [1.165, 1.54) is 5.56 Å². The van der Waals surface area contributed by atoms with Crippen molar-refractivity contribution in [1.29, 1.82) is 0 Å². The molecule has 18 heavy (non-hydrogen) atoms. The van der Waals surface area contributed by atoms with Crippen molar-refractivity contribution in [2.75, 3.05) is 18.8 Å². The number of hydrogen-bond acceptors (Lipinski definition) is 3. The maximum absolute atomic E-state index is 11.2. The van der Waals surface area contributed by atoms with Crippen LogP contribution in [-0.4, -0.2) is 29.9 Å². The van der Waals surface area contributed by atoms with Gasteiger partial charge in [-0.25, -0.2) is 0 Å². The van der Waals surface area contributed by atoms with Crippen LogP contribution in [0, 0.1) is 0 Å². The first-order valence-electron chi connectivity index (χ1n) is 6.53. The molecule has 1 saturated heterocycles. The van der Waals surface area contributed by atoms with Gasteiger partial charge in [-0.05, 0) is 30.7 Å². The van der Waals surface area contributed by atoms with Gasteiger partial charge in [-0.15, -0.1) is 0 Å². The highest BCUT2D eigenvalue weighted by atomic mass is 16.1. The Labute approximate surface area is 108 Å². The Hall–Kier alpha value is -1.55. The number of hydrogen-bond donors (Lipinski definition) is 2. The van der Waals surface area contributed by atoms with Crippen LogP contribution in [-0.2, 0) is 11.3 Å². The molecule has 98 valence electrons. The number of likely N-dealkylation sites (N-methyl/N-ethyl adjacent to an activating group) is 1. The minimum atomic E-state index is 0.184. The summed E-state index contributed by atoms with van der Waals surface area (Å²) in [4.78, 5) is 13.5. The molecule has 0 saturated carbocycles. The van der Waals surface area contributed by atoms with Crippen LogP contribution in [0.5, 0.6) is 0 Å². The normalized spacial score (nSPS) is 19.2. The van der Waals surface area contributed by atoms with E-state index in [1.54, 1.807) is 0 Å². The summed E-state index contributed by atoms with van der Waals surface area (Å²) in [5.74, 6) is 0.184. The fourth-order valence-corrected chi connectivity index (χ4v) is 2.31. The molecule has 1 aliphatic rings. The Balaban J connectivity index is 1.88. The zero-order valence-corrected chi connectivity index (χ0v) is 10.9. The maximum atomic E-state index is 11.2. The first kappa shape index (κ1) is 12.9. The lowest BCUT2D eigenvalue weighted by Crippen LogP contribution is -2.38. The molecular weight excluding hydrogens is 226 g/mol. The number of carbonyl (C=O) groups is 1. The maximum Gasteiger partial charge on any atom is 0.220 e. The lowest BCUT2D eigenvalue weighted by atomic mass is 10.1. The molecule has 1 aliphatic heterocycles. The standard InChI is InChI=1S/C14H21N3O/c1-2-17(10-13-7-8-14(18)16-13)9-11-3-5-12(15)6-4-11/h3-6,13H,2,7-10,15H2,1H3,(H,16,18). The molecule has 1 aromatic rings. The number of nitrogens with two attached hydrogens (primary N) is 1. The van der Waals surface area contributed by atoms with E-state index in [0.29, 0.717) is 12.5 Å². The number of nitrogens with one attached hydrogen (secondary N) is 1. The van der Waals surface area contributed by atoms with E-state index >= 15 is 0 Å². The largest absolute Gasteiger partial charge is 0.399 e. The molecule has 4 nitrogen and oxygen atoms in total. The third kappa shape index (κ3) is 3.47. The highest BCUT2D eigenvalue weighted by molar-refractivity contribution is 5.78. The molecule has 1 heterocycles. The van der Waals surface area contributed by atoms with E-state index < -0.39 is 0 Å². The number of carbonyl (C=O) groups excluding carboxylic acids is 1. The molecule has 2 rings (SSSR count). The van der Waals surface area contributed by atoms with Gasteiger partial charge in [0.05, 0.1) is 0 Å². The van der Waals surface area contributed by atoms with Crippen LogP contribution in [0.3, 0.4) is 0 Å². The highest BCUT2D eigenvalue weighted by Crippen LogP contribution is 2.12. The van der Waals surface area contributed by atoms with Crippen LogP contribution in [0.25, 0.3) is 0 Å². The van der Waals surface area contributed by atoms with E-state index in [1.807, 2.05) is 12.1 Å². The van der Waals surface area contributed by atoms with Gasteiger partial charge in [0, 0.05) is 31.2 Å². The van der Waals surface area contributed by atoms with Crippen LogP contribution in [0.1, 0.15) is 25.3 Å². The summed E-state index contributed by atoms with van der Waals surface area (Å²) in [6.07, 6.45) is 1.63. The number of nitrogen functional groups attached to an aromatic ring is 1. The number of amides is 1. The van der Waals surface area contributed by atoms with Crippen molar-refractivity contribution in [3.05, 3.63) is 29.8 Å². The second kappa shape index (κ2) is 5.87. The van der Waals surface area contributed by atoms with Gasteiger partial charge < -0.3 is 11.1 Å². The Morgan fingerprint density at radius 1 is 1.39 bits per heavy atom. The first-order chi connectivity index (χ1) is 8.67. The average molecular weight is 247 g/mol. The molecular formula is C14H21N3O. The zero-order valence-electron chi connectivity index (χ0n) is 10.9. The van der Waals surface area contributed by atoms with Crippen molar-refractivity contribution >= 4 is 11.6 Å². The summed E-state index contributed by atoms with van der Waals surface area (Å²) >= 11 is 0. The Bertz CT molecular complexity index is 402. The van der Waals surface area contributed by atoms with Gasteiger partial charge >= 0.3 is 0 Å². The van der Waals surface area contributed by atoms with Gasteiger partial charge in [0.1, 0.15) is 0 Å². The van der Waals surface area contributed by atoms with Gasteiger partial charge in [0.15, 0.2) is 0 Å². The average Bonchev–Trinajstić information content (AvgIpc) is 2.77. The minimum Gasteiger partial charge on any atom is -0.399 e. The third-order valence-corrected chi connectivity index (χ3v) is 3.40. The topological polar surface area (TPSA) is 58.4 Å². The summed E-state index contributed by atoms with van der Waals surface area (Å²) in [6.45, 7) is 4.96. The van der Waals surface area contributed by atoms with Crippen LogP contribution < -0.4 is 11.1 Å². The van der Waals surface area contributed by atoms with Gasteiger partial charge in [0.2, 0.25) is 5.91 Å². The Morgan fingerprint density at radius 2 is 2.11 bits per heavy atom. The van der Waals surface area contributed by atoms with Crippen molar-refractivity contribution in [1.82, 2.24) is 10.2 Å². The predicted octanol–water partition coefficient (Wildman–Crippen LogP) is 1.37. The molecule has 1 atom stereocenters. The monoisotopic (exact) mass is 247 g/mol. The second-order valence-electron chi connectivity index (χ2n) is 4.87. The number of anilines is 1. The highest BCUT2D eigenvalue weighted by Gasteiger charge is 2.22. The molecule has 0 radical (unpaired) electrons. The van der Waals surface area contributed by atoms with E-state index in [9.17, 15) is 4.79 Å². The summed E-state index contributed by atoms with van der Waals surface area (Å²) in [7, 11) is 0. The molecule has 3 N–H and O–H groups in total. The van der Waals surface area contributed by atoms with Crippen LogP contribution in [0.2, 0.25) is 0 Å². The fraction of sp³-hybridized carbons (Fsp3) is 0.500. The van der Waals surface area contributed by atoms with E-state index in [4.69, 9.17) is 5.73 Å². The SMILES string of the molecule is CCN(Cc1ccc(N)cc1)CC1CCC(=O)N1. The number of nitrogens with zero attached hydrogens (tertiary/aromatic N) is 1. The Kier molecular flexibility index (Phi) is 4.20. The predicted molar refractivity (Wildman–Crippen MR) is 73.0 cm³/mol. The molecule has 0 aromatic heterocycles. The van der Waals surface area contributed by atoms with Crippen molar-refractivity contribution in [3.63, 3.8) is 0 Å². The van der Waals surface area contributed by atoms with Crippen molar-refractivity contribution in [3.8, 4) is 0 Å². The van der Waals surface area contributed by atoms with Crippen LogP contribution in [0.4, 0.5) is 5.69 Å². The molecule has 1 aromatic carbocycles. The lowest BCUT2D eigenvalue weighted by Gasteiger charge is -2.24. The summed E-state index contributed by atoms with van der Waals surface area (Å²) in [5, 5.41) is 3.01. The fourth-order valence-electron chi connectivity index (χ4n) is 2.31. The lowest BCUT2D eigenvalue weighted by molar-refractivity contribution is -0.119. The molecule has 1 amide bonds. The van der Waals surface area contributed by atoms with Crippen LogP contribution >= 0.6 is 0 Å². The van der Waals surface area contributed by atoms with Crippen LogP contribution in [0.15, 0.2) is 24.3 Å². The number of rotatable bonds is 5. The van der Waals surface area contributed by atoms with E-state index in [0.717, 1.165) is 31.7 Å². The summed E-state index contributed by atoms with van der Waals surface area (Å²) in [6, 6.07) is 8.29. The smallest absolute Gasteiger partial charge is 0.220 e. The molecule has 1 fully saturated rings. The molecule has 0 spiro atoms. The summed E-state index contributed by atoms with van der Waals surface area (Å²) < 4.78 is 0. The second-order valence-corrected chi connectivity index (χ2v) is 4.87. The molecule has 0 bridgehead atoms. The van der Waals surface area contributed by atoms with Gasteiger partial charge in [-0.3, -0.25) is 9.69 Å². The number of benzene rings is 1. The minimum absolute atomic E-state index is 0.184. The third-order valence-electron chi connectivity index (χ3n) is 3.40. The van der Waals surface area contributed by atoms with Crippen molar-refractivity contribution < 1.29 is 4.79 Å². The quantitative estimate of drug-likeness (QED) is 0.773. The molecule has 0 aliphatic carbocycles. The van der Waals surface area contributed by atoms with Gasteiger partial charge in [0.25, 0.3) is 0 Å². The van der Waals surface area contributed by atoms with Crippen molar-refractivity contribution in [2.45, 2.75) is 32.4 Å². The first-order valence-corrected chi connectivity index (χ1v) is 6.53. The molecule has 4 heteroatoms.